The van der Waals surface area contributed by atoms with Crippen molar-refractivity contribution in [2.75, 3.05) is 7.11 Å². The van der Waals surface area contributed by atoms with Gasteiger partial charge in [-0.1, -0.05) is 25.1 Å². The van der Waals surface area contributed by atoms with E-state index in [1.807, 2.05) is 42.6 Å². The first-order valence-corrected chi connectivity index (χ1v) is 7.99. The minimum atomic E-state index is 0.0538. The molecule has 118 valence electrons. The highest BCUT2D eigenvalue weighted by molar-refractivity contribution is 6.16. The van der Waals surface area contributed by atoms with Gasteiger partial charge < -0.3 is 9.30 Å². The molecule has 0 N–H and O–H groups in total. The van der Waals surface area contributed by atoms with E-state index < -0.39 is 0 Å². The van der Waals surface area contributed by atoms with Crippen molar-refractivity contribution in [3.05, 3.63) is 65.4 Å². The number of carbonyl (C=O) groups is 1. The number of benzene rings is 2. The van der Waals surface area contributed by atoms with Crippen molar-refractivity contribution >= 4 is 16.7 Å². The van der Waals surface area contributed by atoms with E-state index in [0.717, 1.165) is 29.7 Å². The summed E-state index contributed by atoms with van der Waals surface area (Å²) in [7, 11) is 1.62. The number of aryl methyl sites for hydroxylation is 2. The third-order valence-corrected chi connectivity index (χ3v) is 4.30. The number of hydrogen-bond acceptors (Lipinski definition) is 2. The van der Waals surface area contributed by atoms with Crippen molar-refractivity contribution in [1.29, 1.82) is 0 Å². The molecule has 0 unspecified atom stereocenters. The molecule has 0 saturated heterocycles. The first-order chi connectivity index (χ1) is 11.2. The predicted octanol–water partition coefficient (Wildman–Crippen LogP) is 4.46. The minimum absolute atomic E-state index is 0.0538. The number of hydrogen-bond donors (Lipinski definition) is 0. The van der Waals surface area contributed by atoms with E-state index in [4.69, 9.17) is 4.74 Å². The van der Waals surface area contributed by atoms with Gasteiger partial charge in [0.15, 0.2) is 5.78 Å². The molecule has 3 rings (SSSR count). The smallest absolute Gasteiger partial charge is 0.195 e. The van der Waals surface area contributed by atoms with Gasteiger partial charge in [0.05, 0.1) is 12.6 Å². The second kappa shape index (κ2) is 6.29. The fourth-order valence-electron chi connectivity index (χ4n) is 3.05. The molecule has 3 aromatic rings. The van der Waals surface area contributed by atoms with E-state index in [1.54, 1.807) is 7.11 Å². The monoisotopic (exact) mass is 307 g/mol. The number of para-hydroxylation sites is 1. The molecule has 3 heteroatoms. The Balaban J connectivity index is 2.13. The molecule has 0 amide bonds. The van der Waals surface area contributed by atoms with Crippen molar-refractivity contribution in [3.63, 3.8) is 0 Å². The van der Waals surface area contributed by atoms with Crippen LogP contribution in [0.3, 0.4) is 0 Å². The number of nitrogens with zero attached hydrogens (tertiary/aromatic N) is 1. The molecule has 0 aliphatic heterocycles. The van der Waals surface area contributed by atoms with Gasteiger partial charge >= 0.3 is 0 Å². The topological polar surface area (TPSA) is 31.2 Å². The second-order valence-corrected chi connectivity index (χ2v) is 5.55. The summed E-state index contributed by atoms with van der Waals surface area (Å²) >= 11 is 0. The van der Waals surface area contributed by atoms with Gasteiger partial charge in [0, 0.05) is 29.3 Å². The lowest BCUT2D eigenvalue weighted by Crippen LogP contribution is -2.00. The van der Waals surface area contributed by atoms with Gasteiger partial charge in [0.25, 0.3) is 0 Å². The molecular formula is C20H21NO2. The summed E-state index contributed by atoms with van der Waals surface area (Å²) in [6, 6.07) is 13.5. The Morgan fingerprint density at radius 2 is 1.83 bits per heavy atom. The van der Waals surface area contributed by atoms with Gasteiger partial charge in [-0.15, -0.1) is 0 Å². The Kier molecular flexibility index (Phi) is 4.20. The summed E-state index contributed by atoms with van der Waals surface area (Å²) in [6.07, 6.45) is 2.94. The molecule has 2 aromatic carbocycles. The average Bonchev–Trinajstić information content (AvgIpc) is 3.00. The Morgan fingerprint density at radius 3 is 2.43 bits per heavy atom. The molecule has 1 heterocycles. The van der Waals surface area contributed by atoms with Gasteiger partial charge in [-0.05, 0) is 43.2 Å². The van der Waals surface area contributed by atoms with E-state index in [1.165, 1.54) is 11.1 Å². The quantitative estimate of drug-likeness (QED) is 0.652. The van der Waals surface area contributed by atoms with Crippen LogP contribution in [0.5, 0.6) is 5.75 Å². The van der Waals surface area contributed by atoms with Crippen LogP contribution in [0, 0.1) is 0 Å². The van der Waals surface area contributed by atoms with Crippen LogP contribution in [0.15, 0.2) is 48.7 Å². The zero-order chi connectivity index (χ0) is 16.4. The van der Waals surface area contributed by atoms with E-state index in [0.29, 0.717) is 5.56 Å². The van der Waals surface area contributed by atoms with Crippen LogP contribution in [0.1, 0.15) is 35.3 Å². The number of methoxy groups -OCH3 is 1. The van der Waals surface area contributed by atoms with Crippen molar-refractivity contribution < 1.29 is 9.53 Å². The molecular weight excluding hydrogens is 286 g/mol. The molecule has 0 atom stereocenters. The van der Waals surface area contributed by atoms with Crippen molar-refractivity contribution in [2.45, 2.75) is 26.8 Å². The van der Waals surface area contributed by atoms with Crippen LogP contribution in [-0.2, 0) is 13.0 Å². The highest BCUT2D eigenvalue weighted by Crippen LogP contribution is 2.27. The number of carbonyl (C=O) groups excluding carboxylic acids is 1. The van der Waals surface area contributed by atoms with Crippen molar-refractivity contribution in [2.24, 2.45) is 0 Å². The largest absolute Gasteiger partial charge is 0.497 e. The summed E-state index contributed by atoms with van der Waals surface area (Å²) in [4.78, 5) is 12.9. The maximum Gasteiger partial charge on any atom is 0.195 e. The number of aromatic nitrogens is 1. The lowest BCUT2D eigenvalue weighted by Gasteiger charge is -2.05. The summed E-state index contributed by atoms with van der Waals surface area (Å²) in [6.45, 7) is 5.10. The average molecular weight is 307 g/mol. The number of rotatable bonds is 5. The highest BCUT2D eigenvalue weighted by Gasteiger charge is 2.17. The van der Waals surface area contributed by atoms with Crippen LogP contribution >= 0.6 is 0 Å². The zero-order valence-electron chi connectivity index (χ0n) is 13.8. The van der Waals surface area contributed by atoms with E-state index >= 15 is 0 Å². The van der Waals surface area contributed by atoms with Crippen LogP contribution in [-0.4, -0.2) is 17.5 Å². The van der Waals surface area contributed by atoms with E-state index in [9.17, 15) is 4.79 Å². The summed E-state index contributed by atoms with van der Waals surface area (Å²) in [5.74, 6) is 0.809. The van der Waals surface area contributed by atoms with E-state index in [-0.39, 0.29) is 5.78 Å². The summed E-state index contributed by atoms with van der Waals surface area (Å²) in [5.41, 5.74) is 3.90. The minimum Gasteiger partial charge on any atom is -0.497 e. The lowest BCUT2D eigenvalue weighted by atomic mass is 10.0. The third kappa shape index (κ3) is 2.63. The molecule has 0 bridgehead atoms. The molecule has 0 aliphatic rings. The molecule has 0 fully saturated rings. The van der Waals surface area contributed by atoms with Gasteiger partial charge in [-0.2, -0.15) is 0 Å². The van der Waals surface area contributed by atoms with Gasteiger partial charge in [0.2, 0.25) is 0 Å². The Labute approximate surface area is 136 Å². The maximum absolute atomic E-state index is 12.9. The summed E-state index contributed by atoms with van der Waals surface area (Å²) in [5, 5.41) is 1.03. The Bertz CT molecular complexity index is 844. The first kappa shape index (κ1) is 15.3. The van der Waals surface area contributed by atoms with Crippen LogP contribution in [0.25, 0.3) is 10.9 Å². The van der Waals surface area contributed by atoms with E-state index in [2.05, 4.69) is 24.5 Å². The Hall–Kier alpha value is -2.55. The van der Waals surface area contributed by atoms with Crippen LogP contribution in [0.2, 0.25) is 0 Å². The van der Waals surface area contributed by atoms with Crippen molar-refractivity contribution in [1.82, 2.24) is 4.57 Å². The zero-order valence-corrected chi connectivity index (χ0v) is 13.8. The number of ether oxygens (including phenoxy) is 1. The van der Waals surface area contributed by atoms with Crippen molar-refractivity contribution in [3.8, 4) is 5.75 Å². The van der Waals surface area contributed by atoms with Gasteiger partial charge in [-0.25, -0.2) is 0 Å². The highest BCUT2D eigenvalue weighted by atomic mass is 16.5. The maximum atomic E-state index is 12.9. The molecule has 0 radical (unpaired) electrons. The SMILES string of the molecule is CCc1cccc2c(C(=O)c3ccc(OC)cc3)cn(CC)c12. The second-order valence-electron chi connectivity index (χ2n) is 5.55. The number of ketones is 1. The lowest BCUT2D eigenvalue weighted by molar-refractivity contribution is 0.104. The predicted molar refractivity (Wildman–Crippen MR) is 93.4 cm³/mol. The standard InChI is InChI=1S/C20H21NO2/c1-4-14-7-6-8-17-18(13-21(5-2)19(14)17)20(22)15-9-11-16(23-3)12-10-15/h6-13H,4-5H2,1-3H3. The fourth-order valence-corrected chi connectivity index (χ4v) is 3.05. The molecule has 23 heavy (non-hydrogen) atoms. The molecule has 0 aliphatic carbocycles. The third-order valence-electron chi connectivity index (χ3n) is 4.30. The van der Waals surface area contributed by atoms with Crippen LogP contribution < -0.4 is 4.74 Å². The molecule has 0 spiro atoms. The molecule has 0 saturated carbocycles. The molecule has 3 nitrogen and oxygen atoms in total. The normalized spacial score (nSPS) is 10.9. The summed E-state index contributed by atoms with van der Waals surface area (Å²) < 4.78 is 7.33. The first-order valence-electron chi connectivity index (χ1n) is 7.99. The van der Waals surface area contributed by atoms with Crippen LogP contribution in [0.4, 0.5) is 0 Å². The molecule has 1 aromatic heterocycles. The Morgan fingerprint density at radius 1 is 1.09 bits per heavy atom. The fraction of sp³-hybridized carbons (Fsp3) is 0.250. The van der Waals surface area contributed by atoms with Gasteiger partial charge in [0.1, 0.15) is 5.75 Å². The number of fused-ring (bicyclic) bond motifs is 1. The van der Waals surface area contributed by atoms with Gasteiger partial charge in [-0.3, -0.25) is 4.79 Å².